The van der Waals surface area contributed by atoms with Gasteiger partial charge in [0.2, 0.25) is 0 Å². The summed E-state index contributed by atoms with van der Waals surface area (Å²) in [7, 11) is 0. The Hall–Kier alpha value is -3.09. The number of esters is 1. The van der Waals surface area contributed by atoms with E-state index in [0.29, 0.717) is 12.2 Å². The summed E-state index contributed by atoms with van der Waals surface area (Å²) in [5, 5.41) is 19.2. The van der Waals surface area contributed by atoms with E-state index in [9.17, 15) is 41.3 Å². The molecule has 0 bridgehead atoms. The van der Waals surface area contributed by atoms with Crippen LogP contribution >= 0.6 is 0 Å². The molecule has 1 atom stereocenters. The Morgan fingerprint density at radius 3 is 2.35 bits per heavy atom. The molecule has 2 rings (SSSR count). The number of nitrogens with zero attached hydrogens (tertiary/aromatic N) is 1. The second-order valence-electron chi connectivity index (χ2n) is 5.96. The quantitative estimate of drug-likeness (QED) is 0.310. The number of hydrogen-bond donors (Lipinski definition) is 1. The fraction of sp³-hybridized carbons (Fsp3) is 0.389. The van der Waals surface area contributed by atoms with Crippen LogP contribution in [-0.2, 0) is 15.7 Å². The van der Waals surface area contributed by atoms with E-state index in [4.69, 9.17) is 9.84 Å². The minimum atomic E-state index is -4.82. The van der Waals surface area contributed by atoms with Crippen molar-refractivity contribution in [1.29, 1.82) is 0 Å². The maximum atomic E-state index is 12.3. The highest BCUT2D eigenvalue weighted by atomic mass is 19.4. The van der Waals surface area contributed by atoms with Gasteiger partial charge < -0.3 is 14.6 Å². The Morgan fingerprint density at radius 2 is 1.90 bits per heavy atom. The van der Waals surface area contributed by atoms with Gasteiger partial charge in [-0.25, -0.2) is 4.79 Å². The van der Waals surface area contributed by atoms with Gasteiger partial charge >= 0.3 is 18.3 Å². The first-order valence-corrected chi connectivity index (χ1v) is 8.48. The van der Waals surface area contributed by atoms with Gasteiger partial charge in [0.25, 0.3) is 5.70 Å². The molecule has 1 N–H and O–H groups in total. The first-order valence-electron chi connectivity index (χ1n) is 8.48. The molecule has 0 aromatic heterocycles. The van der Waals surface area contributed by atoms with Crippen LogP contribution in [0.15, 0.2) is 48.2 Å². The van der Waals surface area contributed by atoms with Gasteiger partial charge in [-0.3, -0.25) is 10.1 Å². The van der Waals surface area contributed by atoms with Crippen LogP contribution in [0.2, 0.25) is 0 Å². The second-order valence-corrected chi connectivity index (χ2v) is 5.96. The van der Waals surface area contributed by atoms with Crippen molar-refractivity contribution in [2.75, 3.05) is 13.2 Å². The number of allylic oxidation sites excluding steroid dienone is 1. The van der Waals surface area contributed by atoms with Crippen LogP contribution in [0.3, 0.4) is 0 Å². The molecule has 0 aliphatic heterocycles. The van der Waals surface area contributed by atoms with Crippen molar-refractivity contribution >= 4 is 5.97 Å². The van der Waals surface area contributed by atoms with Crippen LogP contribution in [0.1, 0.15) is 18.9 Å². The monoisotopic (exact) mass is 457 g/mol. The third kappa shape index (κ3) is 7.92. The van der Waals surface area contributed by atoms with Gasteiger partial charge in [0.15, 0.2) is 12.2 Å². The molecule has 1 aliphatic carbocycles. The molecule has 0 heterocycles. The number of carbonyl (C=O) groups excluding carboxylic acids is 1. The van der Waals surface area contributed by atoms with Gasteiger partial charge in [-0.2, -0.15) is 26.3 Å². The summed E-state index contributed by atoms with van der Waals surface area (Å²) in [6.07, 6.45) is -8.29. The highest BCUT2D eigenvalue weighted by Crippen LogP contribution is 2.37. The third-order valence-electron chi connectivity index (χ3n) is 3.68. The minimum absolute atomic E-state index is 0.0205. The van der Waals surface area contributed by atoms with E-state index in [2.05, 4.69) is 4.74 Å². The average Bonchev–Trinajstić information content (AvgIpc) is 2.66. The number of hydrogen-bond acceptors (Lipinski definition) is 6. The Balaban J connectivity index is 0.000000316. The molecule has 0 fully saturated rings. The lowest BCUT2D eigenvalue weighted by Gasteiger charge is -2.27. The molecule has 1 aromatic rings. The molecule has 7 nitrogen and oxygen atoms in total. The Bertz CT molecular complexity index is 849. The number of alkyl halides is 6. The van der Waals surface area contributed by atoms with Gasteiger partial charge in [0, 0.05) is 12.5 Å². The molecule has 172 valence electrons. The fourth-order valence-electron chi connectivity index (χ4n) is 2.07. The van der Waals surface area contributed by atoms with Crippen molar-refractivity contribution in [2.45, 2.75) is 31.3 Å². The molecule has 0 radical (unpaired) electrons. The summed E-state index contributed by atoms with van der Waals surface area (Å²) in [5.74, 6) is -0.641. The molecule has 13 heteroatoms. The van der Waals surface area contributed by atoms with Crippen molar-refractivity contribution in [3.8, 4) is 5.75 Å². The predicted molar refractivity (Wildman–Crippen MR) is 93.4 cm³/mol. The van der Waals surface area contributed by atoms with E-state index < -0.39 is 53.1 Å². The van der Waals surface area contributed by atoms with Crippen molar-refractivity contribution in [2.24, 2.45) is 0 Å². The Kier molecular flexibility index (Phi) is 8.61. The van der Waals surface area contributed by atoms with E-state index in [0.717, 1.165) is 18.2 Å². The van der Waals surface area contributed by atoms with E-state index in [1.165, 1.54) is 12.1 Å². The van der Waals surface area contributed by atoms with Gasteiger partial charge in [-0.1, -0.05) is 6.07 Å². The minimum Gasteiger partial charge on any atom is -0.482 e. The summed E-state index contributed by atoms with van der Waals surface area (Å²) in [6, 6.07) is 4.31. The lowest BCUT2D eigenvalue weighted by molar-refractivity contribution is -0.420. The summed E-state index contributed by atoms with van der Waals surface area (Å²) in [4.78, 5) is 20.3. The molecule has 0 spiro atoms. The van der Waals surface area contributed by atoms with Crippen LogP contribution in [0, 0.1) is 10.1 Å². The van der Waals surface area contributed by atoms with Gasteiger partial charge in [-0.15, -0.1) is 0 Å². The average molecular weight is 457 g/mol. The predicted octanol–water partition coefficient (Wildman–Crippen LogP) is 4.05. The van der Waals surface area contributed by atoms with Crippen molar-refractivity contribution in [3.63, 3.8) is 0 Å². The van der Waals surface area contributed by atoms with Crippen LogP contribution < -0.4 is 4.74 Å². The van der Waals surface area contributed by atoms with E-state index >= 15 is 0 Å². The third-order valence-corrected chi connectivity index (χ3v) is 3.68. The number of rotatable bonds is 5. The number of aliphatic hydroxyl groups is 1. The zero-order valence-electron chi connectivity index (χ0n) is 15.9. The first-order chi connectivity index (χ1) is 14.2. The summed E-state index contributed by atoms with van der Waals surface area (Å²) >= 11 is 0. The van der Waals surface area contributed by atoms with Crippen molar-refractivity contribution < 1.29 is 50.6 Å². The molecular formula is C18H17F6NO6. The standard InChI is InChI=1S/C11H11F3O3.C7H6F3NO3/c1-2-16-10(15)7-17-9-5-3-4-8(6-9)11(12,13)14;8-7(9,10)6(12)3-1-5(2-4-6)11(13)14/h3-6H,2,7H2,1H3;1-3,12H,4H2. The van der Waals surface area contributed by atoms with E-state index in [1.54, 1.807) is 6.92 Å². The SMILES string of the molecule is CCOC(=O)COc1cccc(C(F)(F)F)c1.O=[N+]([O-])C1=CCC(O)(C(F)(F)F)C=C1. The molecule has 1 aromatic carbocycles. The van der Waals surface area contributed by atoms with Crippen molar-refractivity contribution in [3.05, 3.63) is 63.9 Å². The van der Waals surface area contributed by atoms with Crippen LogP contribution in [0.5, 0.6) is 5.75 Å². The summed E-state index contributed by atoms with van der Waals surface area (Å²) in [5.41, 5.74) is -4.25. The van der Waals surface area contributed by atoms with Gasteiger partial charge in [0.05, 0.1) is 17.1 Å². The zero-order chi connectivity index (χ0) is 23.9. The molecule has 0 saturated heterocycles. The largest absolute Gasteiger partial charge is 0.482 e. The smallest absolute Gasteiger partial charge is 0.421 e. The zero-order valence-corrected chi connectivity index (χ0v) is 15.9. The normalized spacial score (nSPS) is 18.4. The number of nitro groups is 1. The summed E-state index contributed by atoms with van der Waals surface area (Å²) < 4.78 is 82.9. The lowest BCUT2D eigenvalue weighted by atomic mass is 9.94. The lowest BCUT2D eigenvalue weighted by Crippen LogP contribution is -2.43. The highest BCUT2D eigenvalue weighted by Gasteiger charge is 2.52. The van der Waals surface area contributed by atoms with Crippen LogP contribution in [0.4, 0.5) is 26.3 Å². The molecule has 1 unspecified atom stereocenters. The highest BCUT2D eigenvalue weighted by molar-refractivity contribution is 5.71. The van der Waals surface area contributed by atoms with Crippen LogP contribution in [0.25, 0.3) is 0 Å². The second kappa shape index (κ2) is 10.3. The molecule has 0 amide bonds. The number of halogens is 6. The topological polar surface area (TPSA) is 98.9 Å². The van der Waals surface area contributed by atoms with Crippen LogP contribution in [-0.4, -0.2) is 41.0 Å². The number of ether oxygens (including phenoxy) is 2. The Labute approximate surface area is 171 Å². The maximum Gasteiger partial charge on any atom is 0.421 e. The van der Waals surface area contributed by atoms with E-state index in [1.807, 2.05) is 0 Å². The molecular weight excluding hydrogens is 440 g/mol. The molecule has 1 aliphatic rings. The van der Waals surface area contributed by atoms with Gasteiger partial charge in [-0.05, 0) is 37.3 Å². The number of benzene rings is 1. The van der Waals surface area contributed by atoms with Gasteiger partial charge in [0.1, 0.15) is 5.75 Å². The Morgan fingerprint density at radius 1 is 1.26 bits per heavy atom. The molecule has 31 heavy (non-hydrogen) atoms. The molecule has 0 saturated carbocycles. The summed E-state index contributed by atoms with van der Waals surface area (Å²) in [6.45, 7) is 1.42. The maximum absolute atomic E-state index is 12.3. The number of carbonyl (C=O) groups is 1. The van der Waals surface area contributed by atoms with Crippen molar-refractivity contribution in [1.82, 2.24) is 0 Å². The fourth-order valence-corrected chi connectivity index (χ4v) is 2.07. The van der Waals surface area contributed by atoms with E-state index in [-0.39, 0.29) is 12.4 Å². The first kappa shape index (κ1) is 25.9.